The second kappa shape index (κ2) is 8.24. The first-order chi connectivity index (χ1) is 14.4. The van der Waals surface area contributed by atoms with Crippen LogP contribution in [0.1, 0.15) is 40.2 Å². The van der Waals surface area contributed by atoms with Gasteiger partial charge in [0.15, 0.2) is 0 Å². The molecule has 3 heterocycles. The van der Waals surface area contributed by atoms with Gasteiger partial charge in [-0.25, -0.2) is 14.4 Å². The van der Waals surface area contributed by atoms with Crippen LogP contribution in [0.5, 0.6) is 0 Å². The molecule has 9 heteroatoms. The van der Waals surface area contributed by atoms with Gasteiger partial charge in [0.1, 0.15) is 23.3 Å². The van der Waals surface area contributed by atoms with E-state index in [1.54, 1.807) is 18.3 Å². The van der Waals surface area contributed by atoms with Crippen LogP contribution in [0.2, 0.25) is 0 Å². The zero-order valence-electron chi connectivity index (χ0n) is 18.3. The van der Waals surface area contributed by atoms with Crippen LogP contribution in [0.15, 0.2) is 35.4 Å². The number of nitrogens with one attached hydrogen (secondary N) is 2. The Labute approximate surface area is 179 Å². The lowest BCUT2D eigenvalue weighted by atomic mass is 9.99. The zero-order valence-corrected chi connectivity index (χ0v) is 18.3. The third-order valence-electron chi connectivity index (χ3n) is 4.56. The number of anilines is 3. The van der Waals surface area contributed by atoms with Gasteiger partial charge in [-0.1, -0.05) is 0 Å². The van der Waals surface area contributed by atoms with E-state index in [0.717, 1.165) is 6.20 Å². The van der Waals surface area contributed by atoms with Crippen LogP contribution >= 0.6 is 0 Å². The highest BCUT2D eigenvalue weighted by Crippen LogP contribution is 2.28. The van der Waals surface area contributed by atoms with Crippen LogP contribution in [0.3, 0.4) is 0 Å². The van der Waals surface area contributed by atoms with Crippen LogP contribution in [0.25, 0.3) is 10.8 Å². The highest BCUT2D eigenvalue weighted by Gasteiger charge is 2.22. The van der Waals surface area contributed by atoms with Crippen LogP contribution in [0, 0.1) is 5.82 Å². The molecule has 0 unspecified atom stereocenters. The van der Waals surface area contributed by atoms with Gasteiger partial charge >= 0.3 is 0 Å². The quantitative estimate of drug-likeness (QED) is 0.476. The molecule has 4 N–H and O–H groups in total. The zero-order chi connectivity index (χ0) is 23.0. The smallest absolute Gasteiger partial charge is 0.262 e. The van der Waals surface area contributed by atoms with E-state index in [1.807, 2.05) is 20.8 Å². The standard InChI is InChI=1S/C22H28FN5O3/c1-21(2,3)27-19-18-13(6-7-28(8-9-29)20(18)30)10-17(26-19)25-16-11-14(22(4,5)31)15(23)12-24-16/h6-7,10-12,29,31H,8-9H2,1-5H3,(H2,24,25,26,27). The average molecular weight is 429 g/mol. The fourth-order valence-corrected chi connectivity index (χ4v) is 3.20. The van der Waals surface area contributed by atoms with Gasteiger partial charge in [-0.05, 0) is 58.2 Å². The first-order valence-electron chi connectivity index (χ1n) is 9.98. The molecule has 0 amide bonds. The van der Waals surface area contributed by atoms with E-state index in [0.29, 0.717) is 28.2 Å². The third-order valence-corrected chi connectivity index (χ3v) is 4.56. The lowest BCUT2D eigenvalue weighted by Gasteiger charge is -2.23. The molecule has 31 heavy (non-hydrogen) atoms. The summed E-state index contributed by atoms with van der Waals surface area (Å²) in [5.74, 6) is 0.485. The van der Waals surface area contributed by atoms with Gasteiger partial charge in [-0.15, -0.1) is 0 Å². The number of hydrogen-bond acceptors (Lipinski definition) is 7. The van der Waals surface area contributed by atoms with E-state index >= 15 is 0 Å². The molecule has 0 atom stereocenters. The molecule has 3 rings (SSSR count). The van der Waals surface area contributed by atoms with Crippen molar-refractivity contribution >= 4 is 28.2 Å². The van der Waals surface area contributed by atoms with E-state index < -0.39 is 11.4 Å². The Morgan fingerprint density at radius 1 is 1.16 bits per heavy atom. The molecule has 0 fully saturated rings. The summed E-state index contributed by atoms with van der Waals surface area (Å²) in [6, 6.07) is 4.90. The molecule has 0 radical (unpaired) electrons. The molecule has 0 bridgehead atoms. The molecule has 3 aromatic rings. The molecule has 8 nitrogen and oxygen atoms in total. The maximum atomic E-state index is 14.1. The lowest BCUT2D eigenvalue weighted by molar-refractivity contribution is 0.0744. The molecule has 0 saturated heterocycles. The van der Waals surface area contributed by atoms with E-state index in [2.05, 4.69) is 20.6 Å². The Hall–Kier alpha value is -3.04. The SMILES string of the molecule is CC(C)(C)Nc1nc(Nc2cc(C(C)(C)O)c(F)cn2)cc2ccn(CCO)c(=O)c12. The van der Waals surface area contributed by atoms with Gasteiger partial charge in [0, 0.05) is 23.8 Å². The minimum atomic E-state index is -1.38. The van der Waals surface area contributed by atoms with Gasteiger partial charge in [-0.2, -0.15) is 0 Å². The van der Waals surface area contributed by atoms with Crippen LogP contribution in [-0.4, -0.2) is 36.9 Å². The van der Waals surface area contributed by atoms with E-state index in [9.17, 15) is 19.4 Å². The monoisotopic (exact) mass is 429 g/mol. The number of rotatable bonds is 6. The second-order valence-corrected chi connectivity index (χ2v) is 8.97. The number of aliphatic hydroxyl groups is 2. The summed E-state index contributed by atoms with van der Waals surface area (Å²) in [4.78, 5) is 21.6. The summed E-state index contributed by atoms with van der Waals surface area (Å²) in [6.45, 7) is 8.87. The van der Waals surface area contributed by atoms with Crippen molar-refractivity contribution in [2.75, 3.05) is 17.2 Å². The number of aromatic nitrogens is 3. The van der Waals surface area contributed by atoms with Gasteiger partial charge in [0.2, 0.25) is 0 Å². The normalized spacial score (nSPS) is 12.3. The van der Waals surface area contributed by atoms with Crippen molar-refractivity contribution in [1.29, 1.82) is 0 Å². The second-order valence-electron chi connectivity index (χ2n) is 8.97. The summed E-state index contributed by atoms with van der Waals surface area (Å²) in [6.07, 6.45) is 2.66. The molecule has 166 valence electrons. The summed E-state index contributed by atoms with van der Waals surface area (Å²) in [5, 5.41) is 26.8. The minimum Gasteiger partial charge on any atom is -0.395 e. The fraction of sp³-hybridized carbons (Fsp3) is 0.409. The summed E-state index contributed by atoms with van der Waals surface area (Å²) >= 11 is 0. The van der Waals surface area contributed by atoms with Crippen molar-refractivity contribution in [1.82, 2.24) is 14.5 Å². The third kappa shape index (κ3) is 5.18. The molecular weight excluding hydrogens is 401 g/mol. The van der Waals surface area contributed by atoms with Crippen molar-refractivity contribution in [2.45, 2.75) is 52.3 Å². The first kappa shape index (κ1) is 22.6. The molecule has 0 saturated carbocycles. The van der Waals surface area contributed by atoms with Gasteiger partial charge in [0.25, 0.3) is 5.56 Å². The maximum Gasteiger partial charge on any atom is 0.262 e. The molecule has 0 aliphatic heterocycles. The number of pyridine rings is 3. The highest BCUT2D eigenvalue weighted by atomic mass is 19.1. The number of hydrogen-bond donors (Lipinski definition) is 4. The van der Waals surface area contributed by atoms with Crippen LogP contribution < -0.4 is 16.2 Å². The summed E-state index contributed by atoms with van der Waals surface area (Å²) in [7, 11) is 0. The van der Waals surface area contributed by atoms with Gasteiger partial charge in [-0.3, -0.25) is 4.79 Å². The highest BCUT2D eigenvalue weighted by molar-refractivity contribution is 5.93. The van der Waals surface area contributed by atoms with Crippen molar-refractivity contribution < 1.29 is 14.6 Å². The van der Waals surface area contributed by atoms with Gasteiger partial charge < -0.3 is 25.4 Å². The average Bonchev–Trinajstić information content (AvgIpc) is 2.63. The number of nitrogens with zero attached hydrogens (tertiary/aromatic N) is 3. The molecule has 0 aliphatic carbocycles. The van der Waals surface area contributed by atoms with Crippen molar-refractivity contribution in [3.63, 3.8) is 0 Å². The Kier molecular flexibility index (Phi) is 6.02. The fourth-order valence-electron chi connectivity index (χ4n) is 3.20. The van der Waals surface area contributed by atoms with E-state index in [4.69, 9.17) is 0 Å². The Morgan fingerprint density at radius 3 is 2.48 bits per heavy atom. The van der Waals surface area contributed by atoms with Gasteiger partial charge in [0.05, 0.1) is 23.8 Å². The Morgan fingerprint density at radius 2 is 1.87 bits per heavy atom. The Bertz CT molecular complexity index is 1160. The van der Waals surface area contributed by atoms with Crippen molar-refractivity contribution in [2.24, 2.45) is 0 Å². The van der Waals surface area contributed by atoms with Crippen molar-refractivity contribution in [3.05, 3.63) is 52.3 Å². The maximum absolute atomic E-state index is 14.1. The molecule has 0 aliphatic rings. The van der Waals surface area contributed by atoms with Crippen LogP contribution in [-0.2, 0) is 12.1 Å². The number of aliphatic hydroxyl groups excluding tert-OH is 1. The number of fused-ring (bicyclic) bond motifs is 1. The molecular formula is C22H28FN5O3. The topological polar surface area (TPSA) is 112 Å². The number of halogens is 1. The van der Waals surface area contributed by atoms with Crippen molar-refractivity contribution in [3.8, 4) is 0 Å². The molecule has 0 aromatic carbocycles. The molecule has 3 aromatic heterocycles. The predicted molar refractivity (Wildman–Crippen MR) is 119 cm³/mol. The largest absolute Gasteiger partial charge is 0.395 e. The van der Waals surface area contributed by atoms with E-state index in [-0.39, 0.29) is 29.8 Å². The summed E-state index contributed by atoms with van der Waals surface area (Å²) in [5.41, 5.74) is -1.91. The lowest BCUT2D eigenvalue weighted by Crippen LogP contribution is -2.29. The predicted octanol–water partition coefficient (Wildman–Crippen LogP) is 3.10. The first-order valence-corrected chi connectivity index (χ1v) is 9.98. The minimum absolute atomic E-state index is 0.103. The Balaban J connectivity index is 2.12. The molecule has 0 spiro atoms. The van der Waals surface area contributed by atoms with E-state index in [1.165, 1.54) is 24.5 Å². The van der Waals surface area contributed by atoms with Crippen LogP contribution in [0.4, 0.5) is 21.8 Å². The summed E-state index contributed by atoms with van der Waals surface area (Å²) < 4.78 is 15.5.